The van der Waals surface area contributed by atoms with Gasteiger partial charge in [-0.3, -0.25) is 9.78 Å². The van der Waals surface area contributed by atoms with Crippen LogP contribution < -0.4 is 10.6 Å². The maximum Gasteiger partial charge on any atom is 0.253 e. The fourth-order valence-electron chi connectivity index (χ4n) is 2.22. The van der Waals surface area contributed by atoms with Crippen LogP contribution in [0.5, 0.6) is 0 Å². The fraction of sp³-hybridized carbons (Fsp3) is 0.333. The van der Waals surface area contributed by atoms with Crippen LogP contribution in [0.25, 0.3) is 0 Å². The Kier molecular flexibility index (Phi) is 6.56. The second-order valence-electron chi connectivity index (χ2n) is 5.33. The number of amides is 1. The molecule has 1 aromatic carbocycles. The SMILES string of the molecule is CCCCNc1ccccc1C(=O)NCC(O)c1ccncc1. The lowest BCUT2D eigenvalue weighted by Gasteiger charge is -2.14. The molecule has 122 valence electrons. The van der Waals surface area contributed by atoms with E-state index in [0.29, 0.717) is 5.56 Å². The number of para-hydroxylation sites is 1. The Balaban J connectivity index is 1.95. The Morgan fingerprint density at radius 1 is 1.22 bits per heavy atom. The van der Waals surface area contributed by atoms with E-state index in [0.717, 1.165) is 30.6 Å². The first kappa shape index (κ1) is 17.0. The third-order valence-electron chi connectivity index (χ3n) is 3.56. The van der Waals surface area contributed by atoms with Crippen LogP contribution in [0.2, 0.25) is 0 Å². The summed E-state index contributed by atoms with van der Waals surface area (Å²) in [6, 6.07) is 10.9. The van der Waals surface area contributed by atoms with Crippen molar-refractivity contribution in [2.24, 2.45) is 0 Å². The van der Waals surface area contributed by atoms with Crippen molar-refractivity contribution in [1.82, 2.24) is 10.3 Å². The van der Waals surface area contributed by atoms with Crippen molar-refractivity contribution in [3.63, 3.8) is 0 Å². The number of rotatable bonds is 8. The second-order valence-corrected chi connectivity index (χ2v) is 5.33. The van der Waals surface area contributed by atoms with Gasteiger partial charge in [-0.2, -0.15) is 0 Å². The number of nitrogens with one attached hydrogen (secondary N) is 2. The number of pyridine rings is 1. The van der Waals surface area contributed by atoms with E-state index in [1.807, 2.05) is 18.2 Å². The van der Waals surface area contributed by atoms with Crippen LogP contribution in [0.15, 0.2) is 48.8 Å². The number of carbonyl (C=O) groups is 1. The zero-order valence-electron chi connectivity index (χ0n) is 13.3. The van der Waals surface area contributed by atoms with Gasteiger partial charge in [0.05, 0.1) is 11.7 Å². The minimum Gasteiger partial charge on any atom is -0.387 e. The molecule has 3 N–H and O–H groups in total. The highest BCUT2D eigenvalue weighted by atomic mass is 16.3. The van der Waals surface area contributed by atoms with Crippen LogP contribution in [-0.4, -0.2) is 29.1 Å². The van der Waals surface area contributed by atoms with Crippen LogP contribution in [-0.2, 0) is 0 Å². The molecule has 0 radical (unpaired) electrons. The normalized spacial score (nSPS) is 11.7. The van der Waals surface area contributed by atoms with Crippen molar-refractivity contribution in [3.8, 4) is 0 Å². The molecule has 1 heterocycles. The first-order chi connectivity index (χ1) is 11.2. The van der Waals surface area contributed by atoms with E-state index in [2.05, 4.69) is 22.5 Å². The zero-order valence-corrected chi connectivity index (χ0v) is 13.3. The van der Waals surface area contributed by atoms with Gasteiger partial charge in [-0.25, -0.2) is 0 Å². The minimum absolute atomic E-state index is 0.159. The van der Waals surface area contributed by atoms with E-state index in [1.54, 1.807) is 30.6 Å². The molecular formula is C18H23N3O2. The van der Waals surface area contributed by atoms with Crippen molar-refractivity contribution in [2.45, 2.75) is 25.9 Å². The molecule has 0 aliphatic rings. The molecule has 0 aliphatic carbocycles. The maximum absolute atomic E-state index is 12.4. The highest BCUT2D eigenvalue weighted by Gasteiger charge is 2.13. The predicted octanol–water partition coefficient (Wildman–Crippen LogP) is 2.76. The number of aromatic nitrogens is 1. The Hall–Kier alpha value is -2.40. The average Bonchev–Trinajstić information content (AvgIpc) is 2.61. The number of unbranched alkanes of at least 4 members (excludes halogenated alkanes) is 1. The molecule has 1 atom stereocenters. The second kappa shape index (κ2) is 8.90. The van der Waals surface area contributed by atoms with Gasteiger partial charge < -0.3 is 15.7 Å². The number of nitrogens with zero attached hydrogens (tertiary/aromatic N) is 1. The number of hydrogen-bond donors (Lipinski definition) is 3. The van der Waals surface area contributed by atoms with E-state index in [9.17, 15) is 9.90 Å². The zero-order chi connectivity index (χ0) is 16.5. The van der Waals surface area contributed by atoms with Gasteiger partial charge in [0.1, 0.15) is 0 Å². The number of hydrogen-bond acceptors (Lipinski definition) is 4. The van der Waals surface area contributed by atoms with Crippen molar-refractivity contribution >= 4 is 11.6 Å². The minimum atomic E-state index is -0.748. The van der Waals surface area contributed by atoms with Crippen molar-refractivity contribution in [1.29, 1.82) is 0 Å². The summed E-state index contributed by atoms with van der Waals surface area (Å²) >= 11 is 0. The summed E-state index contributed by atoms with van der Waals surface area (Å²) in [4.78, 5) is 16.3. The lowest BCUT2D eigenvalue weighted by molar-refractivity contribution is 0.0917. The number of anilines is 1. The first-order valence-electron chi connectivity index (χ1n) is 7.91. The molecule has 1 aromatic heterocycles. The van der Waals surface area contributed by atoms with Gasteiger partial charge in [0.15, 0.2) is 0 Å². The first-order valence-corrected chi connectivity index (χ1v) is 7.91. The summed E-state index contributed by atoms with van der Waals surface area (Å²) in [5.74, 6) is -0.197. The van der Waals surface area contributed by atoms with Gasteiger partial charge in [-0.05, 0) is 36.2 Å². The van der Waals surface area contributed by atoms with Crippen molar-refractivity contribution in [3.05, 3.63) is 59.9 Å². The molecule has 2 rings (SSSR count). The topological polar surface area (TPSA) is 74.2 Å². The molecule has 0 saturated heterocycles. The summed E-state index contributed by atoms with van der Waals surface area (Å²) in [5, 5.41) is 16.2. The lowest BCUT2D eigenvalue weighted by Crippen LogP contribution is -2.29. The third-order valence-corrected chi connectivity index (χ3v) is 3.56. The fourth-order valence-corrected chi connectivity index (χ4v) is 2.22. The molecular weight excluding hydrogens is 290 g/mol. The number of aliphatic hydroxyl groups is 1. The smallest absolute Gasteiger partial charge is 0.253 e. The van der Waals surface area contributed by atoms with Crippen LogP contribution in [0.1, 0.15) is 41.8 Å². The average molecular weight is 313 g/mol. The van der Waals surface area contributed by atoms with Crippen molar-refractivity contribution < 1.29 is 9.90 Å². The quantitative estimate of drug-likeness (QED) is 0.655. The van der Waals surface area contributed by atoms with Gasteiger partial charge in [0, 0.05) is 31.2 Å². The van der Waals surface area contributed by atoms with Crippen molar-refractivity contribution in [2.75, 3.05) is 18.4 Å². The van der Waals surface area contributed by atoms with Crippen LogP contribution in [0.4, 0.5) is 5.69 Å². The highest BCUT2D eigenvalue weighted by molar-refractivity contribution is 5.99. The molecule has 0 saturated carbocycles. The largest absolute Gasteiger partial charge is 0.387 e. The summed E-state index contributed by atoms with van der Waals surface area (Å²) in [6.45, 7) is 3.12. The number of benzene rings is 1. The van der Waals surface area contributed by atoms with Gasteiger partial charge in [0.2, 0.25) is 0 Å². The molecule has 0 spiro atoms. The monoisotopic (exact) mass is 313 g/mol. The van der Waals surface area contributed by atoms with Crippen LogP contribution >= 0.6 is 0 Å². The Bertz CT molecular complexity index is 617. The number of aliphatic hydroxyl groups excluding tert-OH is 1. The van der Waals surface area contributed by atoms with E-state index in [-0.39, 0.29) is 12.5 Å². The van der Waals surface area contributed by atoms with E-state index in [4.69, 9.17) is 0 Å². The van der Waals surface area contributed by atoms with E-state index >= 15 is 0 Å². The van der Waals surface area contributed by atoms with Gasteiger partial charge in [-0.15, -0.1) is 0 Å². The molecule has 1 unspecified atom stereocenters. The summed E-state index contributed by atoms with van der Waals surface area (Å²) in [6.07, 6.45) is 4.64. The molecule has 0 fully saturated rings. The molecule has 2 aromatic rings. The standard InChI is InChI=1S/C18H23N3O2/c1-2-3-10-20-16-7-5-4-6-15(16)18(23)21-13-17(22)14-8-11-19-12-9-14/h4-9,11-12,17,20,22H,2-3,10,13H2,1H3,(H,21,23). The summed E-state index contributed by atoms with van der Waals surface area (Å²) in [5.41, 5.74) is 2.14. The third kappa shape index (κ3) is 5.07. The molecule has 1 amide bonds. The molecule has 0 aliphatic heterocycles. The predicted molar refractivity (Wildman–Crippen MR) is 91.4 cm³/mol. The Labute approximate surface area is 136 Å². The van der Waals surface area contributed by atoms with E-state index < -0.39 is 6.10 Å². The van der Waals surface area contributed by atoms with E-state index in [1.165, 1.54) is 0 Å². The Morgan fingerprint density at radius 2 is 1.96 bits per heavy atom. The summed E-state index contributed by atoms with van der Waals surface area (Å²) < 4.78 is 0. The van der Waals surface area contributed by atoms with Gasteiger partial charge in [-0.1, -0.05) is 25.5 Å². The molecule has 23 heavy (non-hydrogen) atoms. The Morgan fingerprint density at radius 3 is 2.70 bits per heavy atom. The van der Waals surface area contributed by atoms with Crippen LogP contribution in [0, 0.1) is 0 Å². The lowest BCUT2D eigenvalue weighted by atomic mass is 10.1. The molecule has 5 nitrogen and oxygen atoms in total. The number of carbonyl (C=O) groups excluding carboxylic acids is 1. The van der Waals surface area contributed by atoms with Gasteiger partial charge in [0.25, 0.3) is 5.91 Å². The molecule has 5 heteroatoms. The van der Waals surface area contributed by atoms with Gasteiger partial charge >= 0.3 is 0 Å². The molecule has 0 bridgehead atoms. The van der Waals surface area contributed by atoms with Crippen LogP contribution in [0.3, 0.4) is 0 Å². The summed E-state index contributed by atoms with van der Waals surface area (Å²) in [7, 11) is 0. The maximum atomic E-state index is 12.4. The highest BCUT2D eigenvalue weighted by Crippen LogP contribution is 2.16.